The number of rotatable bonds is 4. The molecule has 0 saturated carbocycles. The fraction of sp³-hybridized carbons (Fsp3) is 0.235. The predicted molar refractivity (Wildman–Crippen MR) is 95.4 cm³/mol. The highest BCUT2D eigenvalue weighted by Gasteiger charge is 2.29. The number of para-hydroxylation sites is 1. The predicted octanol–water partition coefficient (Wildman–Crippen LogP) is 2.75. The van der Waals surface area contributed by atoms with Crippen LogP contribution >= 0.6 is 11.6 Å². The number of hydrogen-bond acceptors (Lipinski definition) is 4. The summed E-state index contributed by atoms with van der Waals surface area (Å²) in [5, 5.41) is 2.43. The number of nitrogens with one attached hydrogen (secondary N) is 1. The number of carbonyl (C=O) groups excluding carboxylic acids is 1. The number of sulfonamides is 1. The van der Waals surface area contributed by atoms with Gasteiger partial charge in [-0.15, -0.1) is 0 Å². The average Bonchev–Trinajstić information content (AvgIpc) is 2.64. The van der Waals surface area contributed by atoms with Crippen molar-refractivity contribution in [2.24, 2.45) is 0 Å². The minimum Gasteiger partial charge on any atom is -0.379 e. The van der Waals surface area contributed by atoms with Crippen molar-refractivity contribution in [1.82, 2.24) is 4.31 Å². The number of amides is 1. The van der Waals surface area contributed by atoms with Gasteiger partial charge in [-0.1, -0.05) is 23.7 Å². The summed E-state index contributed by atoms with van der Waals surface area (Å²) in [5.74, 6) is -1.22. The van der Waals surface area contributed by atoms with Gasteiger partial charge in [0.15, 0.2) is 0 Å². The van der Waals surface area contributed by atoms with Crippen LogP contribution in [0.5, 0.6) is 0 Å². The highest BCUT2D eigenvalue weighted by molar-refractivity contribution is 7.89. The Morgan fingerprint density at radius 1 is 1.15 bits per heavy atom. The summed E-state index contributed by atoms with van der Waals surface area (Å²) < 4.78 is 45.7. The van der Waals surface area contributed by atoms with Crippen molar-refractivity contribution in [3.05, 3.63) is 58.9 Å². The van der Waals surface area contributed by atoms with Crippen LogP contribution in [0.25, 0.3) is 0 Å². The quantitative estimate of drug-likeness (QED) is 0.859. The van der Waals surface area contributed by atoms with Gasteiger partial charge in [-0.2, -0.15) is 4.31 Å². The lowest BCUT2D eigenvalue weighted by Crippen LogP contribution is -2.40. The summed E-state index contributed by atoms with van der Waals surface area (Å²) >= 11 is 6.06. The lowest BCUT2D eigenvalue weighted by atomic mass is 10.2. The van der Waals surface area contributed by atoms with E-state index in [1.807, 2.05) is 0 Å². The number of nitrogens with zero attached hydrogens (tertiary/aromatic N) is 1. The molecule has 1 fully saturated rings. The Labute approximate surface area is 155 Å². The Hall–Kier alpha value is -2.00. The van der Waals surface area contributed by atoms with Crippen molar-refractivity contribution in [2.45, 2.75) is 4.90 Å². The van der Waals surface area contributed by atoms with Crippen LogP contribution in [0, 0.1) is 5.82 Å². The van der Waals surface area contributed by atoms with Crippen LogP contribution < -0.4 is 5.32 Å². The Kier molecular flexibility index (Phi) is 5.57. The number of carbonyl (C=O) groups is 1. The topological polar surface area (TPSA) is 75.7 Å². The first kappa shape index (κ1) is 18.8. The third-order valence-electron chi connectivity index (χ3n) is 3.90. The van der Waals surface area contributed by atoms with E-state index in [0.717, 1.165) is 0 Å². The van der Waals surface area contributed by atoms with Crippen LogP contribution in [0.15, 0.2) is 47.4 Å². The van der Waals surface area contributed by atoms with Crippen LogP contribution in [-0.4, -0.2) is 44.9 Å². The highest BCUT2D eigenvalue weighted by atomic mass is 35.5. The number of ether oxygens (including phenoxy) is 1. The minimum atomic E-state index is -3.86. The maximum Gasteiger partial charge on any atom is 0.255 e. The number of halogens is 2. The maximum atomic E-state index is 13.7. The Bertz CT molecular complexity index is 930. The van der Waals surface area contributed by atoms with Gasteiger partial charge in [0, 0.05) is 18.7 Å². The third-order valence-corrected chi connectivity index (χ3v) is 6.28. The number of morpholine rings is 1. The molecule has 6 nitrogen and oxygen atoms in total. The minimum absolute atomic E-state index is 0.00466. The van der Waals surface area contributed by atoms with Gasteiger partial charge in [-0.3, -0.25) is 4.79 Å². The molecule has 0 aromatic heterocycles. The molecule has 0 atom stereocenters. The summed E-state index contributed by atoms with van der Waals surface area (Å²) in [4.78, 5) is 12.2. The van der Waals surface area contributed by atoms with Crippen molar-refractivity contribution in [3.63, 3.8) is 0 Å². The molecule has 0 radical (unpaired) electrons. The second-order valence-electron chi connectivity index (χ2n) is 5.60. The maximum absolute atomic E-state index is 13.7. The third kappa shape index (κ3) is 3.88. The van der Waals surface area contributed by atoms with Gasteiger partial charge >= 0.3 is 0 Å². The highest BCUT2D eigenvalue weighted by Crippen LogP contribution is 2.27. The van der Waals surface area contributed by atoms with Gasteiger partial charge in [-0.25, -0.2) is 12.8 Å². The summed E-state index contributed by atoms with van der Waals surface area (Å²) in [6, 6.07) is 9.63. The molecule has 26 heavy (non-hydrogen) atoms. The van der Waals surface area contributed by atoms with E-state index in [-0.39, 0.29) is 34.3 Å². The van der Waals surface area contributed by atoms with E-state index < -0.39 is 21.7 Å². The van der Waals surface area contributed by atoms with Crippen LogP contribution in [0.3, 0.4) is 0 Å². The lowest BCUT2D eigenvalue weighted by Gasteiger charge is -2.26. The van der Waals surface area contributed by atoms with Crippen molar-refractivity contribution in [1.29, 1.82) is 0 Å². The van der Waals surface area contributed by atoms with Crippen molar-refractivity contribution < 1.29 is 22.3 Å². The molecule has 0 spiro atoms. The van der Waals surface area contributed by atoms with Gasteiger partial charge in [0.05, 0.1) is 23.9 Å². The first-order valence-corrected chi connectivity index (χ1v) is 9.65. The van der Waals surface area contributed by atoms with Crippen LogP contribution in [-0.2, 0) is 14.8 Å². The SMILES string of the molecule is O=C(Nc1ccccc1F)c1ccc(Cl)c(S(=O)(=O)N2CCOCC2)c1. The van der Waals surface area contributed by atoms with Gasteiger partial charge in [-0.05, 0) is 30.3 Å². The molecule has 0 aliphatic carbocycles. The van der Waals surface area contributed by atoms with E-state index in [1.165, 1.54) is 40.7 Å². The summed E-state index contributed by atoms with van der Waals surface area (Å²) in [5.41, 5.74) is 0.0644. The van der Waals surface area contributed by atoms with Gasteiger partial charge < -0.3 is 10.1 Å². The first-order chi connectivity index (χ1) is 12.4. The normalized spacial score (nSPS) is 15.6. The number of anilines is 1. The summed E-state index contributed by atoms with van der Waals surface area (Å²) in [7, 11) is -3.86. The van der Waals surface area contributed by atoms with Gasteiger partial charge in [0.1, 0.15) is 10.7 Å². The molecule has 1 aliphatic rings. The molecular formula is C17H16ClFN2O4S. The molecular weight excluding hydrogens is 383 g/mol. The van der Waals surface area contributed by atoms with Gasteiger partial charge in [0.25, 0.3) is 5.91 Å². The zero-order valence-corrected chi connectivity index (χ0v) is 15.2. The molecule has 3 rings (SSSR count). The van der Waals surface area contributed by atoms with Crippen molar-refractivity contribution >= 4 is 33.2 Å². The molecule has 2 aromatic carbocycles. The Morgan fingerprint density at radius 2 is 1.85 bits per heavy atom. The van der Waals surface area contributed by atoms with E-state index in [2.05, 4.69) is 5.32 Å². The molecule has 1 saturated heterocycles. The van der Waals surface area contributed by atoms with E-state index in [4.69, 9.17) is 16.3 Å². The van der Waals surface area contributed by atoms with Crippen molar-refractivity contribution in [3.8, 4) is 0 Å². The zero-order valence-electron chi connectivity index (χ0n) is 13.6. The van der Waals surface area contributed by atoms with Crippen molar-refractivity contribution in [2.75, 3.05) is 31.6 Å². The molecule has 0 unspecified atom stereocenters. The average molecular weight is 399 g/mol. The zero-order chi connectivity index (χ0) is 18.7. The van der Waals surface area contributed by atoms with Crippen LogP contribution in [0.2, 0.25) is 5.02 Å². The smallest absolute Gasteiger partial charge is 0.255 e. The Balaban J connectivity index is 1.90. The largest absolute Gasteiger partial charge is 0.379 e. The van der Waals surface area contributed by atoms with E-state index >= 15 is 0 Å². The summed E-state index contributed by atoms with van der Waals surface area (Å²) in [6.07, 6.45) is 0. The van der Waals surface area contributed by atoms with Crippen LogP contribution in [0.1, 0.15) is 10.4 Å². The molecule has 9 heteroatoms. The molecule has 1 heterocycles. The van der Waals surface area contributed by atoms with Gasteiger partial charge in [0.2, 0.25) is 10.0 Å². The molecule has 1 amide bonds. The molecule has 1 aliphatic heterocycles. The fourth-order valence-corrected chi connectivity index (χ4v) is 4.43. The van der Waals surface area contributed by atoms with E-state index in [1.54, 1.807) is 6.07 Å². The van der Waals surface area contributed by atoms with E-state index in [9.17, 15) is 17.6 Å². The molecule has 2 aromatic rings. The second-order valence-corrected chi connectivity index (χ2v) is 7.91. The second kappa shape index (κ2) is 7.71. The monoisotopic (exact) mass is 398 g/mol. The van der Waals surface area contributed by atoms with Crippen LogP contribution in [0.4, 0.5) is 10.1 Å². The molecule has 1 N–H and O–H groups in total. The Morgan fingerprint density at radius 3 is 2.54 bits per heavy atom. The van der Waals surface area contributed by atoms with E-state index in [0.29, 0.717) is 13.2 Å². The number of hydrogen-bond donors (Lipinski definition) is 1. The number of benzene rings is 2. The molecule has 0 bridgehead atoms. The standard InChI is InChI=1S/C17H16ClFN2O4S/c18-13-6-5-12(17(22)20-15-4-2-1-3-14(15)19)11-16(13)26(23,24)21-7-9-25-10-8-21/h1-6,11H,7-10H2,(H,20,22). The fourth-order valence-electron chi connectivity index (χ4n) is 2.53. The lowest BCUT2D eigenvalue weighted by molar-refractivity contribution is 0.0730. The first-order valence-electron chi connectivity index (χ1n) is 7.83. The summed E-state index contributed by atoms with van der Waals surface area (Å²) in [6.45, 7) is 1.02. The molecule has 138 valence electrons.